The van der Waals surface area contributed by atoms with Gasteiger partial charge in [0.05, 0.1) is 11.6 Å². The van der Waals surface area contributed by atoms with Crippen molar-refractivity contribution in [2.45, 2.75) is 34.1 Å². The van der Waals surface area contributed by atoms with Crippen molar-refractivity contribution in [3.63, 3.8) is 0 Å². The molecule has 0 aliphatic rings. The second-order valence-corrected chi connectivity index (χ2v) is 6.24. The monoisotopic (exact) mass is 530 g/mol. The molecular formula is C21H19F2IrN2-. The molecule has 1 heterocycles. The summed E-state index contributed by atoms with van der Waals surface area (Å²) < 4.78 is 29.7. The van der Waals surface area contributed by atoms with Crippen molar-refractivity contribution in [2.24, 2.45) is 0 Å². The summed E-state index contributed by atoms with van der Waals surface area (Å²) in [5.74, 6) is -1.11. The summed E-state index contributed by atoms with van der Waals surface area (Å²) in [6.45, 7) is 7.67. The zero-order valence-corrected chi connectivity index (χ0v) is 17.5. The van der Waals surface area contributed by atoms with Gasteiger partial charge in [-0.1, -0.05) is 30.2 Å². The van der Waals surface area contributed by atoms with Crippen LogP contribution in [0.5, 0.6) is 0 Å². The maximum absolute atomic E-state index is 15.2. The van der Waals surface area contributed by atoms with Crippen LogP contribution in [0.15, 0.2) is 30.6 Å². The van der Waals surface area contributed by atoms with E-state index in [0.717, 1.165) is 34.7 Å². The molecule has 0 amide bonds. The van der Waals surface area contributed by atoms with E-state index in [1.54, 1.807) is 12.4 Å². The van der Waals surface area contributed by atoms with Crippen LogP contribution in [0.1, 0.15) is 29.2 Å². The molecule has 137 valence electrons. The van der Waals surface area contributed by atoms with E-state index in [9.17, 15) is 4.39 Å². The molecule has 1 aromatic heterocycles. The number of rotatable bonds is 3. The van der Waals surface area contributed by atoms with Crippen LogP contribution >= 0.6 is 0 Å². The second kappa shape index (κ2) is 8.15. The fraction of sp³-hybridized carbons (Fsp3) is 0.238. The molecule has 3 aromatic rings. The molecular weight excluding hydrogens is 510 g/mol. The minimum atomic E-state index is -0.681. The molecule has 0 spiro atoms. The minimum Gasteiger partial charge on any atom is -0.285 e. The van der Waals surface area contributed by atoms with Gasteiger partial charge in [-0.05, 0) is 55.0 Å². The Kier molecular flexibility index (Phi) is 6.38. The van der Waals surface area contributed by atoms with E-state index >= 15 is 4.39 Å². The fourth-order valence-corrected chi connectivity index (χ4v) is 3.13. The normalized spacial score (nSPS) is 10.5. The first-order chi connectivity index (χ1) is 11.9. The van der Waals surface area contributed by atoms with Crippen LogP contribution in [-0.4, -0.2) is 9.97 Å². The van der Waals surface area contributed by atoms with E-state index in [-0.39, 0.29) is 37.1 Å². The third kappa shape index (κ3) is 3.74. The summed E-state index contributed by atoms with van der Waals surface area (Å²) in [7, 11) is 0. The summed E-state index contributed by atoms with van der Waals surface area (Å²) in [6, 6.07) is 7.64. The second-order valence-electron chi connectivity index (χ2n) is 6.24. The molecule has 0 N–H and O–H groups in total. The Morgan fingerprint density at radius 1 is 0.962 bits per heavy atom. The number of aromatic nitrogens is 2. The first kappa shape index (κ1) is 20.3. The van der Waals surface area contributed by atoms with Gasteiger partial charge in [0.15, 0.2) is 0 Å². The van der Waals surface area contributed by atoms with Crippen molar-refractivity contribution in [1.29, 1.82) is 0 Å². The Morgan fingerprint density at radius 2 is 1.54 bits per heavy atom. The van der Waals surface area contributed by atoms with E-state index in [1.165, 1.54) is 0 Å². The van der Waals surface area contributed by atoms with E-state index in [0.29, 0.717) is 5.56 Å². The van der Waals surface area contributed by atoms with Gasteiger partial charge in [-0.25, -0.2) is 0 Å². The Balaban J connectivity index is 0.00000243. The molecule has 3 rings (SSSR count). The molecule has 0 saturated carbocycles. The predicted molar refractivity (Wildman–Crippen MR) is 95.2 cm³/mol. The number of halogens is 2. The van der Waals surface area contributed by atoms with E-state index < -0.39 is 11.6 Å². The van der Waals surface area contributed by atoms with E-state index in [2.05, 4.69) is 16.0 Å². The third-order valence-electron chi connectivity index (χ3n) is 4.29. The standard InChI is InChI=1S/C21H19F2N2.Ir/c1-5-15-10-24-21(25-11-15)16-6-7-17(22)19(20(16)23)18-13(3)8-12(2)9-14(18)4;/h7-11H,5H2,1-4H3;/q-1;. The molecule has 5 heteroatoms. The maximum Gasteiger partial charge on any atom is 0.0776 e. The first-order valence-corrected chi connectivity index (χ1v) is 8.21. The predicted octanol–water partition coefficient (Wildman–Crippen LogP) is 5.37. The molecule has 1 radical (unpaired) electrons. The molecule has 0 aliphatic carbocycles. The Hall–Kier alpha value is -1.97. The number of nitrogens with zero attached hydrogens (tertiary/aromatic N) is 2. The van der Waals surface area contributed by atoms with Gasteiger partial charge in [0.25, 0.3) is 0 Å². The van der Waals surface area contributed by atoms with Crippen LogP contribution in [-0.2, 0) is 26.5 Å². The van der Waals surface area contributed by atoms with Gasteiger partial charge in [-0.3, -0.25) is 18.7 Å². The van der Waals surface area contributed by atoms with Crippen molar-refractivity contribution in [1.82, 2.24) is 9.97 Å². The smallest absolute Gasteiger partial charge is 0.0776 e. The van der Waals surface area contributed by atoms with Gasteiger partial charge in [0.1, 0.15) is 0 Å². The molecule has 2 nitrogen and oxygen atoms in total. The Bertz CT molecular complexity index is 914. The molecule has 0 saturated heterocycles. The summed E-state index contributed by atoms with van der Waals surface area (Å²) in [5, 5.41) is 0. The minimum absolute atomic E-state index is 0. The van der Waals surface area contributed by atoms with Gasteiger partial charge in [-0.2, -0.15) is 0 Å². The summed E-state index contributed by atoms with van der Waals surface area (Å²) in [4.78, 5) is 8.40. The third-order valence-corrected chi connectivity index (χ3v) is 4.29. The van der Waals surface area contributed by atoms with Crippen molar-refractivity contribution < 1.29 is 28.9 Å². The van der Waals surface area contributed by atoms with Crippen molar-refractivity contribution in [3.8, 4) is 22.5 Å². The summed E-state index contributed by atoms with van der Waals surface area (Å²) in [6.07, 6.45) is 4.10. The topological polar surface area (TPSA) is 25.8 Å². The molecule has 2 aromatic carbocycles. The summed E-state index contributed by atoms with van der Waals surface area (Å²) in [5.41, 5.74) is 4.27. The zero-order valence-electron chi connectivity index (χ0n) is 15.1. The number of hydrogen-bond acceptors (Lipinski definition) is 2. The van der Waals surface area contributed by atoms with Crippen LogP contribution in [0, 0.1) is 38.5 Å². The van der Waals surface area contributed by atoms with Crippen LogP contribution < -0.4 is 0 Å². The average Bonchev–Trinajstić information content (AvgIpc) is 2.57. The summed E-state index contributed by atoms with van der Waals surface area (Å²) >= 11 is 0. The van der Waals surface area contributed by atoms with Crippen molar-refractivity contribution >= 4 is 0 Å². The van der Waals surface area contributed by atoms with Crippen LogP contribution in [0.2, 0.25) is 0 Å². The quantitative estimate of drug-likeness (QED) is 0.426. The Labute approximate surface area is 166 Å². The molecule has 0 unspecified atom stereocenters. The fourth-order valence-electron chi connectivity index (χ4n) is 3.13. The average molecular weight is 530 g/mol. The molecule has 0 aliphatic heterocycles. The van der Waals surface area contributed by atoms with Gasteiger partial charge in [-0.15, -0.1) is 12.1 Å². The van der Waals surface area contributed by atoms with E-state index in [4.69, 9.17) is 0 Å². The van der Waals surface area contributed by atoms with Crippen LogP contribution in [0.3, 0.4) is 0 Å². The van der Waals surface area contributed by atoms with Crippen molar-refractivity contribution in [2.75, 3.05) is 0 Å². The number of hydrogen-bond donors (Lipinski definition) is 0. The largest absolute Gasteiger partial charge is 0.285 e. The molecule has 26 heavy (non-hydrogen) atoms. The first-order valence-electron chi connectivity index (χ1n) is 8.21. The van der Waals surface area contributed by atoms with Gasteiger partial charge in [0.2, 0.25) is 0 Å². The van der Waals surface area contributed by atoms with Gasteiger partial charge >= 0.3 is 0 Å². The molecule has 0 atom stereocenters. The SMILES string of the molecule is CCc1cnc(-c2[c-]cc(F)c(-c3c(C)cc(C)cc3C)c2F)nc1.[Ir]. The Morgan fingerprint density at radius 3 is 2.08 bits per heavy atom. The zero-order chi connectivity index (χ0) is 18.1. The number of aryl methyl sites for hydroxylation is 4. The van der Waals surface area contributed by atoms with Crippen LogP contribution in [0.25, 0.3) is 22.5 Å². The van der Waals surface area contributed by atoms with Gasteiger partial charge in [0, 0.05) is 38.3 Å². The van der Waals surface area contributed by atoms with Crippen LogP contribution in [0.4, 0.5) is 8.78 Å². The van der Waals surface area contributed by atoms with Crippen molar-refractivity contribution in [3.05, 3.63) is 70.5 Å². The molecule has 0 fully saturated rings. The maximum atomic E-state index is 15.2. The number of benzene rings is 2. The molecule has 0 bridgehead atoms. The van der Waals surface area contributed by atoms with Gasteiger partial charge < -0.3 is 0 Å². The van der Waals surface area contributed by atoms with E-state index in [1.807, 2.05) is 39.8 Å².